The van der Waals surface area contributed by atoms with Gasteiger partial charge in [0.15, 0.2) is 0 Å². The molecule has 0 fully saturated rings. The first-order valence-electron chi connectivity index (χ1n) is 4.70. The second-order valence-electron chi connectivity index (χ2n) is 3.69. The van der Waals surface area contributed by atoms with E-state index >= 15 is 0 Å². The average molecular weight is 204 g/mol. The molecule has 0 radical (unpaired) electrons. The standard InChI is InChI=1S/C11H12N2O2/c1-5-6(2)10-11(12-7(5)3)8(14)4-9(15)13-10/h4H,1-3H3,(H2,13,14,15). The molecule has 78 valence electrons. The lowest BCUT2D eigenvalue weighted by atomic mass is 10.1. The number of H-pyrrole nitrogens is 1. The van der Waals surface area contributed by atoms with Gasteiger partial charge in [0.05, 0.1) is 5.52 Å². The summed E-state index contributed by atoms with van der Waals surface area (Å²) in [7, 11) is 0. The minimum Gasteiger partial charge on any atom is -0.505 e. The molecule has 2 aromatic heterocycles. The minimum atomic E-state index is -0.312. The van der Waals surface area contributed by atoms with Crippen LogP contribution in [0.4, 0.5) is 0 Å². The highest BCUT2D eigenvalue weighted by atomic mass is 16.3. The Kier molecular flexibility index (Phi) is 2.00. The van der Waals surface area contributed by atoms with Gasteiger partial charge in [-0.2, -0.15) is 0 Å². The van der Waals surface area contributed by atoms with Gasteiger partial charge >= 0.3 is 0 Å². The Bertz CT molecular complexity index is 600. The number of aromatic amines is 1. The molecule has 0 aliphatic heterocycles. The van der Waals surface area contributed by atoms with Gasteiger partial charge in [-0.1, -0.05) is 0 Å². The van der Waals surface area contributed by atoms with Crippen molar-refractivity contribution in [1.29, 1.82) is 0 Å². The molecule has 0 unspecified atom stereocenters. The SMILES string of the molecule is Cc1nc2c(O)cc(=O)[nH]c2c(C)c1C. The summed E-state index contributed by atoms with van der Waals surface area (Å²) in [6.45, 7) is 5.73. The van der Waals surface area contributed by atoms with E-state index < -0.39 is 0 Å². The maximum Gasteiger partial charge on any atom is 0.252 e. The number of nitrogens with one attached hydrogen (secondary N) is 1. The van der Waals surface area contributed by atoms with Crippen LogP contribution in [0, 0.1) is 20.8 Å². The topological polar surface area (TPSA) is 66.0 Å². The summed E-state index contributed by atoms with van der Waals surface area (Å²) in [6.07, 6.45) is 0. The van der Waals surface area contributed by atoms with Crippen molar-refractivity contribution in [2.24, 2.45) is 0 Å². The Hall–Kier alpha value is -1.84. The van der Waals surface area contributed by atoms with E-state index in [9.17, 15) is 9.90 Å². The van der Waals surface area contributed by atoms with Gasteiger partial charge in [-0.25, -0.2) is 4.98 Å². The molecule has 0 aliphatic rings. The summed E-state index contributed by atoms with van der Waals surface area (Å²) in [5, 5.41) is 9.61. The quantitative estimate of drug-likeness (QED) is 0.684. The average Bonchev–Trinajstić information content (AvgIpc) is 2.17. The fraction of sp³-hybridized carbons (Fsp3) is 0.273. The van der Waals surface area contributed by atoms with Crippen LogP contribution in [0.1, 0.15) is 16.8 Å². The fourth-order valence-electron chi connectivity index (χ4n) is 1.63. The summed E-state index contributed by atoms with van der Waals surface area (Å²) < 4.78 is 0. The van der Waals surface area contributed by atoms with Gasteiger partial charge in [-0.05, 0) is 31.9 Å². The van der Waals surface area contributed by atoms with Crippen molar-refractivity contribution >= 4 is 11.0 Å². The highest BCUT2D eigenvalue weighted by Gasteiger charge is 2.09. The van der Waals surface area contributed by atoms with Crippen LogP contribution in [0.3, 0.4) is 0 Å². The Labute approximate surface area is 86.6 Å². The molecule has 0 aromatic carbocycles. The smallest absolute Gasteiger partial charge is 0.252 e. The summed E-state index contributed by atoms with van der Waals surface area (Å²) in [5.41, 5.74) is 3.60. The lowest BCUT2D eigenvalue weighted by molar-refractivity contribution is 0.479. The van der Waals surface area contributed by atoms with Crippen LogP contribution >= 0.6 is 0 Å². The number of aryl methyl sites for hydroxylation is 2. The number of rotatable bonds is 0. The van der Waals surface area contributed by atoms with Crippen molar-refractivity contribution in [1.82, 2.24) is 9.97 Å². The second kappa shape index (κ2) is 3.08. The molecule has 2 heterocycles. The first-order chi connectivity index (χ1) is 7.00. The molecule has 4 nitrogen and oxygen atoms in total. The largest absolute Gasteiger partial charge is 0.505 e. The van der Waals surface area contributed by atoms with E-state index in [0.29, 0.717) is 11.0 Å². The Morgan fingerprint density at radius 3 is 2.60 bits per heavy atom. The highest BCUT2D eigenvalue weighted by molar-refractivity contribution is 5.84. The van der Waals surface area contributed by atoms with Gasteiger partial charge in [0.2, 0.25) is 0 Å². The highest BCUT2D eigenvalue weighted by Crippen LogP contribution is 2.24. The molecule has 2 rings (SSSR count). The molecule has 0 saturated carbocycles. The van der Waals surface area contributed by atoms with E-state index in [4.69, 9.17) is 0 Å². The lowest BCUT2D eigenvalue weighted by Crippen LogP contribution is -2.06. The van der Waals surface area contributed by atoms with Crippen LogP contribution in [0.15, 0.2) is 10.9 Å². The zero-order chi connectivity index (χ0) is 11.2. The minimum absolute atomic E-state index is 0.0695. The van der Waals surface area contributed by atoms with Gasteiger partial charge in [-0.15, -0.1) is 0 Å². The number of aromatic hydroxyl groups is 1. The molecule has 0 bridgehead atoms. The van der Waals surface area contributed by atoms with E-state index in [2.05, 4.69) is 9.97 Å². The Morgan fingerprint density at radius 2 is 1.93 bits per heavy atom. The van der Waals surface area contributed by atoms with E-state index in [1.807, 2.05) is 20.8 Å². The number of hydrogen-bond donors (Lipinski definition) is 2. The van der Waals surface area contributed by atoms with Crippen LogP contribution in [0.2, 0.25) is 0 Å². The molecule has 2 aromatic rings. The molecule has 0 atom stereocenters. The lowest BCUT2D eigenvalue weighted by Gasteiger charge is -2.08. The van der Waals surface area contributed by atoms with Crippen LogP contribution in [-0.4, -0.2) is 15.1 Å². The van der Waals surface area contributed by atoms with Gasteiger partial charge < -0.3 is 10.1 Å². The third kappa shape index (κ3) is 1.38. The van der Waals surface area contributed by atoms with E-state index in [-0.39, 0.29) is 11.3 Å². The van der Waals surface area contributed by atoms with Crippen LogP contribution in [-0.2, 0) is 0 Å². The molecular formula is C11H12N2O2. The summed E-state index contributed by atoms with van der Waals surface area (Å²) in [5.74, 6) is -0.0695. The van der Waals surface area contributed by atoms with E-state index in [0.717, 1.165) is 22.9 Å². The first kappa shape index (κ1) is 9.71. The Morgan fingerprint density at radius 1 is 1.27 bits per heavy atom. The third-order valence-electron chi connectivity index (χ3n) is 2.76. The number of pyridine rings is 2. The third-order valence-corrected chi connectivity index (χ3v) is 2.76. The van der Waals surface area contributed by atoms with Crippen LogP contribution in [0.5, 0.6) is 5.75 Å². The van der Waals surface area contributed by atoms with Crippen LogP contribution in [0.25, 0.3) is 11.0 Å². The number of hydrogen-bond acceptors (Lipinski definition) is 3. The number of fused-ring (bicyclic) bond motifs is 1. The van der Waals surface area contributed by atoms with Gasteiger partial charge in [0, 0.05) is 11.8 Å². The van der Waals surface area contributed by atoms with Gasteiger partial charge in [0.25, 0.3) is 5.56 Å². The molecular weight excluding hydrogens is 192 g/mol. The molecule has 0 amide bonds. The van der Waals surface area contributed by atoms with Crippen molar-refractivity contribution in [3.63, 3.8) is 0 Å². The Balaban J connectivity index is 3.05. The summed E-state index contributed by atoms with van der Waals surface area (Å²) in [6, 6.07) is 1.14. The molecule has 0 aliphatic carbocycles. The summed E-state index contributed by atoms with van der Waals surface area (Å²) >= 11 is 0. The summed E-state index contributed by atoms with van der Waals surface area (Å²) in [4.78, 5) is 18.2. The van der Waals surface area contributed by atoms with Crippen molar-refractivity contribution in [2.45, 2.75) is 20.8 Å². The maximum absolute atomic E-state index is 11.2. The zero-order valence-electron chi connectivity index (χ0n) is 8.88. The first-order valence-corrected chi connectivity index (χ1v) is 4.70. The molecule has 0 saturated heterocycles. The predicted molar refractivity (Wildman–Crippen MR) is 58.2 cm³/mol. The van der Waals surface area contributed by atoms with Crippen molar-refractivity contribution < 1.29 is 5.11 Å². The van der Waals surface area contributed by atoms with Crippen molar-refractivity contribution in [3.8, 4) is 5.75 Å². The van der Waals surface area contributed by atoms with Crippen LogP contribution < -0.4 is 5.56 Å². The molecule has 15 heavy (non-hydrogen) atoms. The van der Waals surface area contributed by atoms with E-state index in [1.54, 1.807) is 0 Å². The van der Waals surface area contributed by atoms with E-state index in [1.165, 1.54) is 0 Å². The second-order valence-corrected chi connectivity index (χ2v) is 3.69. The monoisotopic (exact) mass is 204 g/mol. The zero-order valence-corrected chi connectivity index (χ0v) is 8.88. The van der Waals surface area contributed by atoms with Crippen molar-refractivity contribution in [3.05, 3.63) is 33.2 Å². The molecule has 4 heteroatoms. The van der Waals surface area contributed by atoms with Gasteiger partial charge in [-0.3, -0.25) is 4.79 Å². The van der Waals surface area contributed by atoms with Gasteiger partial charge in [0.1, 0.15) is 11.3 Å². The number of aromatic nitrogens is 2. The fourth-order valence-corrected chi connectivity index (χ4v) is 1.63. The number of nitrogens with zero attached hydrogens (tertiary/aromatic N) is 1. The maximum atomic E-state index is 11.2. The normalized spacial score (nSPS) is 10.9. The predicted octanol–water partition coefficient (Wildman–Crippen LogP) is 1.55. The molecule has 0 spiro atoms. The molecule has 2 N–H and O–H groups in total. The van der Waals surface area contributed by atoms with Crippen molar-refractivity contribution in [2.75, 3.05) is 0 Å².